The first-order chi connectivity index (χ1) is 9.16. The van der Waals surface area contributed by atoms with E-state index in [1.54, 1.807) is 11.8 Å². The third kappa shape index (κ3) is 4.46. The Balaban J connectivity index is 1.73. The molecule has 0 aliphatic heterocycles. The maximum atomic E-state index is 4.54. The summed E-state index contributed by atoms with van der Waals surface area (Å²) in [5.41, 5.74) is 3.43. The Labute approximate surface area is 121 Å². The average molecular weight is 279 g/mol. The van der Waals surface area contributed by atoms with E-state index >= 15 is 0 Å². The molecule has 0 radical (unpaired) electrons. The molecule has 0 aromatic carbocycles. The van der Waals surface area contributed by atoms with Crippen LogP contribution >= 0.6 is 11.8 Å². The highest BCUT2D eigenvalue weighted by molar-refractivity contribution is 7.99. The van der Waals surface area contributed by atoms with Gasteiger partial charge in [0.05, 0.1) is 0 Å². The van der Waals surface area contributed by atoms with Gasteiger partial charge in [0.15, 0.2) is 5.16 Å². The lowest BCUT2D eigenvalue weighted by Gasteiger charge is -2.22. The quantitative estimate of drug-likeness (QED) is 0.509. The summed E-state index contributed by atoms with van der Waals surface area (Å²) in [4.78, 5) is 9.08. The maximum Gasteiger partial charge on any atom is 0.188 e. The van der Waals surface area contributed by atoms with Crippen LogP contribution in [-0.4, -0.2) is 28.3 Å². The summed E-state index contributed by atoms with van der Waals surface area (Å²) in [6.07, 6.45) is 6.91. The van der Waals surface area contributed by atoms with E-state index < -0.39 is 0 Å². The fourth-order valence-electron chi connectivity index (χ4n) is 2.52. The smallest absolute Gasteiger partial charge is 0.188 e. The average Bonchev–Trinajstić information content (AvgIpc) is 2.42. The molecule has 19 heavy (non-hydrogen) atoms. The van der Waals surface area contributed by atoms with Crippen LogP contribution in [0.3, 0.4) is 0 Å². The normalized spacial score (nSPS) is 16.8. The van der Waals surface area contributed by atoms with Gasteiger partial charge in [-0.1, -0.05) is 31.0 Å². The fraction of sp³-hybridized carbons (Fsp3) is 0.733. The summed E-state index contributed by atoms with van der Waals surface area (Å²) in [5, 5.41) is 4.58. The number of rotatable bonds is 5. The van der Waals surface area contributed by atoms with Crippen molar-refractivity contribution >= 4 is 11.8 Å². The number of aryl methyl sites for hydroxylation is 2. The van der Waals surface area contributed by atoms with Gasteiger partial charge in [-0.15, -0.1) is 0 Å². The van der Waals surface area contributed by atoms with Gasteiger partial charge >= 0.3 is 0 Å². The molecule has 1 fully saturated rings. The third-order valence-electron chi connectivity index (χ3n) is 3.98. The Bertz CT molecular complexity index is 391. The SMILES string of the molecule is Cc1nc(SCCNC2CCCCC2)nc(C)c1C. The van der Waals surface area contributed by atoms with E-state index in [1.165, 1.54) is 37.7 Å². The Morgan fingerprint density at radius 2 is 1.68 bits per heavy atom. The number of hydrogen-bond acceptors (Lipinski definition) is 4. The van der Waals surface area contributed by atoms with Crippen molar-refractivity contribution in [1.29, 1.82) is 0 Å². The lowest BCUT2D eigenvalue weighted by molar-refractivity contribution is 0.381. The van der Waals surface area contributed by atoms with Gasteiger partial charge in [-0.3, -0.25) is 0 Å². The number of nitrogens with zero attached hydrogens (tertiary/aromatic N) is 2. The summed E-state index contributed by atoms with van der Waals surface area (Å²) in [6, 6.07) is 0.747. The lowest BCUT2D eigenvalue weighted by atomic mass is 9.96. The number of thioether (sulfide) groups is 1. The number of aromatic nitrogens is 2. The second kappa shape index (κ2) is 7.25. The molecule has 1 aromatic heterocycles. The maximum absolute atomic E-state index is 4.54. The summed E-state index contributed by atoms with van der Waals surface area (Å²) in [7, 11) is 0. The van der Waals surface area contributed by atoms with E-state index in [-0.39, 0.29) is 0 Å². The van der Waals surface area contributed by atoms with Crippen LogP contribution in [0.4, 0.5) is 0 Å². The van der Waals surface area contributed by atoms with Crippen molar-refractivity contribution in [1.82, 2.24) is 15.3 Å². The van der Waals surface area contributed by atoms with Crippen LogP contribution in [0, 0.1) is 20.8 Å². The van der Waals surface area contributed by atoms with Crippen molar-refractivity contribution in [2.45, 2.75) is 64.1 Å². The van der Waals surface area contributed by atoms with Gasteiger partial charge in [-0.05, 0) is 39.2 Å². The molecule has 0 unspecified atom stereocenters. The fourth-order valence-corrected chi connectivity index (χ4v) is 3.32. The Morgan fingerprint density at radius 1 is 1.05 bits per heavy atom. The molecule has 0 saturated heterocycles. The zero-order chi connectivity index (χ0) is 13.7. The van der Waals surface area contributed by atoms with Gasteiger partial charge in [-0.2, -0.15) is 0 Å². The molecule has 0 atom stereocenters. The van der Waals surface area contributed by atoms with Gasteiger partial charge in [-0.25, -0.2) is 9.97 Å². The van der Waals surface area contributed by atoms with Crippen LogP contribution in [0.25, 0.3) is 0 Å². The van der Waals surface area contributed by atoms with E-state index in [4.69, 9.17) is 0 Å². The molecule has 106 valence electrons. The predicted molar refractivity (Wildman–Crippen MR) is 81.8 cm³/mol. The lowest BCUT2D eigenvalue weighted by Crippen LogP contribution is -2.32. The monoisotopic (exact) mass is 279 g/mol. The van der Waals surface area contributed by atoms with Gasteiger partial charge < -0.3 is 5.32 Å². The van der Waals surface area contributed by atoms with Gasteiger partial charge in [0.25, 0.3) is 0 Å². The number of nitrogens with one attached hydrogen (secondary N) is 1. The second-order valence-electron chi connectivity index (χ2n) is 5.44. The zero-order valence-electron chi connectivity index (χ0n) is 12.3. The standard InChI is InChI=1S/C15H25N3S/c1-11-12(2)17-15(18-13(11)3)19-10-9-16-14-7-5-4-6-8-14/h14,16H,4-10H2,1-3H3. The molecular formula is C15H25N3S. The minimum atomic E-state index is 0.747. The van der Waals surface area contributed by atoms with Crippen LogP contribution in [0.1, 0.15) is 49.1 Å². The highest BCUT2D eigenvalue weighted by Gasteiger charge is 2.12. The van der Waals surface area contributed by atoms with Crippen LogP contribution in [-0.2, 0) is 0 Å². The first-order valence-electron chi connectivity index (χ1n) is 7.35. The summed E-state index contributed by atoms with van der Waals surface area (Å²) in [5.74, 6) is 1.05. The summed E-state index contributed by atoms with van der Waals surface area (Å²) >= 11 is 1.76. The topological polar surface area (TPSA) is 37.8 Å². The molecule has 1 aliphatic rings. The van der Waals surface area contributed by atoms with Crippen molar-refractivity contribution in [3.63, 3.8) is 0 Å². The zero-order valence-corrected chi connectivity index (χ0v) is 13.1. The van der Waals surface area contributed by atoms with Crippen LogP contribution in [0.2, 0.25) is 0 Å². The minimum Gasteiger partial charge on any atom is -0.313 e. The van der Waals surface area contributed by atoms with Gasteiger partial charge in [0, 0.05) is 29.7 Å². The van der Waals surface area contributed by atoms with Crippen LogP contribution < -0.4 is 5.32 Å². The summed E-state index contributed by atoms with van der Waals surface area (Å²) < 4.78 is 0. The van der Waals surface area contributed by atoms with E-state index in [1.807, 2.05) is 0 Å². The molecule has 3 nitrogen and oxygen atoms in total. The van der Waals surface area contributed by atoms with Crippen molar-refractivity contribution in [2.24, 2.45) is 0 Å². The molecule has 1 heterocycles. The van der Waals surface area contributed by atoms with Crippen LogP contribution in [0.15, 0.2) is 5.16 Å². The highest BCUT2D eigenvalue weighted by atomic mass is 32.2. The van der Waals surface area contributed by atoms with Crippen molar-refractivity contribution in [3.05, 3.63) is 17.0 Å². The minimum absolute atomic E-state index is 0.747. The first-order valence-corrected chi connectivity index (χ1v) is 8.33. The van der Waals surface area contributed by atoms with Crippen molar-refractivity contribution in [2.75, 3.05) is 12.3 Å². The summed E-state index contributed by atoms with van der Waals surface area (Å²) in [6.45, 7) is 7.27. The van der Waals surface area contributed by atoms with Gasteiger partial charge in [0.2, 0.25) is 0 Å². The van der Waals surface area contributed by atoms with E-state index in [2.05, 4.69) is 36.1 Å². The predicted octanol–water partition coefficient (Wildman–Crippen LogP) is 3.42. The molecular weight excluding hydrogens is 254 g/mol. The van der Waals surface area contributed by atoms with E-state index in [9.17, 15) is 0 Å². The third-order valence-corrected chi connectivity index (χ3v) is 4.83. The molecule has 0 spiro atoms. The van der Waals surface area contributed by atoms with E-state index in [0.717, 1.165) is 34.9 Å². The number of hydrogen-bond donors (Lipinski definition) is 1. The Kier molecular flexibility index (Phi) is 5.64. The first kappa shape index (κ1) is 14.8. The van der Waals surface area contributed by atoms with E-state index in [0.29, 0.717) is 0 Å². The Hall–Kier alpha value is -0.610. The largest absolute Gasteiger partial charge is 0.313 e. The Morgan fingerprint density at radius 3 is 2.32 bits per heavy atom. The van der Waals surface area contributed by atoms with Gasteiger partial charge in [0.1, 0.15) is 0 Å². The molecule has 1 aromatic rings. The highest BCUT2D eigenvalue weighted by Crippen LogP contribution is 2.19. The second-order valence-corrected chi connectivity index (χ2v) is 6.50. The molecule has 1 saturated carbocycles. The molecule has 2 rings (SSSR count). The molecule has 0 bridgehead atoms. The molecule has 1 N–H and O–H groups in total. The van der Waals surface area contributed by atoms with Crippen molar-refractivity contribution < 1.29 is 0 Å². The molecule has 1 aliphatic carbocycles. The van der Waals surface area contributed by atoms with Crippen LogP contribution in [0.5, 0.6) is 0 Å². The molecule has 4 heteroatoms. The van der Waals surface area contributed by atoms with Crippen molar-refractivity contribution in [3.8, 4) is 0 Å². The molecule has 0 amide bonds.